The van der Waals surface area contributed by atoms with Crippen LogP contribution in [0.25, 0.3) is 10.9 Å². The summed E-state index contributed by atoms with van der Waals surface area (Å²) in [6.07, 6.45) is 0. The average Bonchev–Trinajstić information content (AvgIpc) is 2.47. The van der Waals surface area contributed by atoms with Crippen molar-refractivity contribution in [1.29, 1.82) is 5.26 Å². The van der Waals surface area contributed by atoms with Gasteiger partial charge < -0.3 is 5.32 Å². The van der Waals surface area contributed by atoms with Crippen LogP contribution in [0, 0.1) is 32.1 Å². The van der Waals surface area contributed by atoms with Gasteiger partial charge in [0.25, 0.3) is 0 Å². The van der Waals surface area contributed by atoms with Gasteiger partial charge in [0.05, 0.1) is 11.2 Å². The lowest BCUT2D eigenvalue weighted by Crippen LogP contribution is -2.00. The molecule has 0 saturated heterocycles. The van der Waals surface area contributed by atoms with E-state index in [1.165, 1.54) is 11.1 Å². The summed E-state index contributed by atoms with van der Waals surface area (Å²) in [6.45, 7) is 6.12. The number of hydrogen-bond donors (Lipinski definition) is 1. The van der Waals surface area contributed by atoms with Crippen molar-refractivity contribution in [3.63, 3.8) is 0 Å². The first-order valence-electron chi connectivity index (χ1n) is 7.09. The summed E-state index contributed by atoms with van der Waals surface area (Å²) in [7, 11) is 0. The second-order valence-electron chi connectivity index (χ2n) is 5.56. The fourth-order valence-corrected chi connectivity index (χ4v) is 2.61. The molecule has 3 rings (SSSR count). The second kappa shape index (κ2) is 5.45. The van der Waals surface area contributed by atoms with Crippen LogP contribution in [0.5, 0.6) is 0 Å². The topological polar surface area (TPSA) is 61.6 Å². The summed E-state index contributed by atoms with van der Waals surface area (Å²) in [4.78, 5) is 0. The molecular weight excluding hydrogens is 272 g/mol. The molecule has 22 heavy (non-hydrogen) atoms. The first kappa shape index (κ1) is 14.0. The van der Waals surface area contributed by atoms with E-state index in [2.05, 4.69) is 53.6 Å². The van der Waals surface area contributed by atoms with E-state index in [9.17, 15) is 5.26 Å². The molecule has 3 aromatic rings. The number of nitrogens with zero attached hydrogens (tertiary/aromatic N) is 3. The van der Waals surface area contributed by atoms with Gasteiger partial charge in [0.1, 0.15) is 6.07 Å². The number of anilines is 2. The van der Waals surface area contributed by atoms with Crippen LogP contribution >= 0.6 is 0 Å². The third kappa shape index (κ3) is 2.61. The van der Waals surface area contributed by atoms with Gasteiger partial charge in [-0.15, -0.1) is 10.2 Å². The highest BCUT2D eigenvalue weighted by atomic mass is 15.1. The lowest BCUT2D eigenvalue weighted by molar-refractivity contribution is 1.05. The number of hydrogen-bond acceptors (Lipinski definition) is 4. The van der Waals surface area contributed by atoms with E-state index in [1.807, 2.05) is 25.1 Å². The molecule has 0 saturated carbocycles. The first-order valence-corrected chi connectivity index (χ1v) is 7.09. The van der Waals surface area contributed by atoms with Crippen molar-refractivity contribution in [3.05, 3.63) is 58.8 Å². The highest BCUT2D eigenvalue weighted by Gasteiger charge is 2.11. The maximum absolute atomic E-state index is 9.34. The van der Waals surface area contributed by atoms with Crippen molar-refractivity contribution in [2.75, 3.05) is 5.32 Å². The summed E-state index contributed by atoms with van der Waals surface area (Å²) < 4.78 is 0. The zero-order valence-electron chi connectivity index (χ0n) is 12.8. The number of nitrogens with one attached hydrogen (secondary N) is 1. The third-order valence-corrected chi connectivity index (χ3v) is 3.51. The number of aryl methyl sites for hydroxylation is 3. The van der Waals surface area contributed by atoms with Crippen LogP contribution in [0.2, 0.25) is 0 Å². The highest BCUT2D eigenvalue weighted by Crippen LogP contribution is 2.29. The fraction of sp³-hybridized carbons (Fsp3) is 0.167. The molecule has 1 heterocycles. The minimum atomic E-state index is 0.303. The zero-order valence-corrected chi connectivity index (χ0v) is 12.8. The van der Waals surface area contributed by atoms with E-state index in [0.717, 1.165) is 22.2 Å². The van der Waals surface area contributed by atoms with Gasteiger partial charge in [0.2, 0.25) is 0 Å². The lowest BCUT2D eigenvalue weighted by Gasteiger charge is -2.12. The number of nitriles is 1. The number of rotatable bonds is 2. The summed E-state index contributed by atoms with van der Waals surface area (Å²) in [6, 6.07) is 14.3. The maximum Gasteiger partial charge on any atom is 0.187 e. The van der Waals surface area contributed by atoms with Crippen LogP contribution in [0.1, 0.15) is 22.4 Å². The molecule has 1 aromatic heterocycles. The second-order valence-corrected chi connectivity index (χ2v) is 5.56. The van der Waals surface area contributed by atoms with Crippen molar-refractivity contribution in [3.8, 4) is 6.07 Å². The van der Waals surface area contributed by atoms with E-state index in [0.29, 0.717) is 11.4 Å². The summed E-state index contributed by atoms with van der Waals surface area (Å²) in [5.41, 5.74) is 6.19. The molecule has 0 unspecified atom stereocenters. The Morgan fingerprint density at radius 1 is 0.909 bits per heavy atom. The van der Waals surface area contributed by atoms with Crippen molar-refractivity contribution in [2.24, 2.45) is 0 Å². The molecule has 2 aromatic carbocycles. The van der Waals surface area contributed by atoms with Crippen LogP contribution in [-0.2, 0) is 0 Å². The van der Waals surface area contributed by atoms with Gasteiger partial charge in [-0.05, 0) is 56.2 Å². The maximum atomic E-state index is 9.34. The fourth-order valence-electron chi connectivity index (χ4n) is 2.61. The quantitative estimate of drug-likeness (QED) is 0.768. The SMILES string of the molecule is Cc1cc(C)cc(Nc2c(C#N)nnc3ccc(C)cc23)c1. The third-order valence-electron chi connectivity index (χ3n) is 3.51. The summed E-state index contributed by atoms with van der Waals surface area (Å²) in [5, 5.41) is 21.7. The van der Waals surface area contributed by atoms with Gasteiger partial charge >= 0.3 is 0 Å². The molecule has 0 fully saturated rings. The van der Waals surface area contributed by atoms with E-state index < -0.39 is 0 Å². The molecule has 108 valence electrons. The Kier molecular flexibility index (Phi) is 3.48. The van der Waals surface area contributed by atoms with Gasteiger partial charge in [0.15, 0.2) is 5.69 Å². The molecule has 0 atom stereocenters. The smallest absolute Gasteiger partial charge is 0.187 e. The number of aromatic nitrogens is 2. The van der Waals surface area contributed by atoms with Gasteiger partial charge in [0, 0.05) is 11.1 Å². The molecule has 0 amide bonds. The van der Waals surface area contributed by atoms with Crippen LogP contribution in [0.15, 0.2) is 36.4 Å². The van der Waals surface area contributed by atoms with Crippen LogP contribution < -0.4 is 5.32 Å². The van der Waals surface area contributed by atoms with E-state index in [1.54, 1.807) is 0 Å². The van der Waals surface area contributed by atoms with Crippen LogP contribution in [0.4, 0.5) is 11.4 Å². The minimum absolute atomic E-state index is 0.303. The molecule has 0 aliphatic rings. The number of benzene rings is 2. The lowest BCUT2D eigenvalue weighted by atomic mass is 10.1. The van der Waals surface area contributed by atoms with Crippen LogP contribution in [0.3, 0.4) is 0 Å². The highest BCUT2D eigenvalue weighted by molar-refractivity contribution is 5.95. The van der Waals surface area contributed by atoms with Gasteiger partial charge in [-0.1, -0.05) is 17.7 Å². The standard InChI is InChI=1S/C18H16N4/c1-11-4-5-16-15(9-11)18(17(10-19)22-21-16)20-14-7-12(2)6-13(3)8-14/h4-9H,1-3H3,(H,20,21). The Morgan fingerprint density at radius 2 is 1.64 bits per heavy atom. The minimum Gasteiger partial charge on any atom is -0.353 e. The Bertz CT molecular complexity index is 887. The molecular formula is C18H16N4. The van der Waals surface area contributed by atoms with Crippen molar-refractivity contribution >= 4 is 22.3 Å². The monoisotopic (exact) mass is 288 g/mol. The largest absolute Gasteiger partial charge is 0.353 e. The van der Waals surface area contributed by atoms with Crippen molar-refractivity contribution in [2.45, 2.75) is 20.8 Å². The molecule has 0 bridgehead atoms. The molecule has 4 nitrogen and oxygen atoms in total. The average molecular weight is 288 g/mol. The van der Waals surface area contributed by atoms with Crippen molar-refractivity contribution < 1.29 is 0 Å². The zero-order chi connectivity index (χ0) is 15.7. The predicted octanol–water partition coefficient (Wildman–Crippen LogP) is 4.17. The summed E-state index contributed by atoms with van der Waals surface area (Å²) >= 11 is 0. The first-order chi connectivity index (χ1) is 10.6. The molecule has 0 aliphatic carbocycles. The molecule has 0 radical (unpaired) electrons. The van der Waals surface area contributed by atoms with E-state index >= 15 is 0 Å². The Morgan fingerprint density at radius 3 is 2.32 bits per heavy atom. The molecule has 0 aliphatic heterocycles. The molecule has 0 spiro atoms. The molecule has 4 heteroatoms. The normalized spacial score (nSPS) is 10.5. The Labute approximate surface area is 129 Å². The Balaban J connectivity index is 2.20. The predicted molar refractivity (Wildman–Crippen MR) is 88.2 cm³/mol. The Hall–Kier alpha value is -2.93. The van der Waals surface area contributed by atoms with Gasteiger partial charge in [-0.25, -0.2) is 0 Å². The van der Waals surface area contributed by atoms with E-state index in [-0.39, 0.29) is 0 Å². The van der Waals surface area contributed by atoms with Crippen molar-refractivity contribution in [1.82, 2.24) is 10.2 Å². The van der Waals surface area contributed by atoms with Crippen LogP contribution in [-0.4, -0.2) is 10.2 Å². The summed E-state index contributed by atoms with van der Waals surface area (Å²) in [5.74, 6) is 0. The van der Waals surface area contributed by atoms with Gasteiger partial charge in [-0.2, -0.15) is 5.26 Å². The van der Waals surface area contributed by atoms with Gasteiger partial charge in [-0.3, -0.25) is 0 Å². The number of fused-ring (bicyclic) bond motifs is 1. The van der Waals surface area contributed by atoms with E-state index in [4.69, 9.17) is 0 Å². The molecule has 1 N–H and O–H groups in total.